The fraction of sp³-hybridized carbons (Fsp3) is 0.294. The van der Waals surface area contributed by atoms with Crippen molar-refractivity contribution < 1.29 is 4.39 Å². The van der Waals surface area contributed by atoms with Gasteiger partial charge in [0.25, 0.3) is 0 Å². The van der Waals surface area contributed by atoms with Gasteiger partial charge in [0.05, 0.1) is 6.04 Å². The second kappa shape index (κ2) is 4.78. The van der Waals surface area contributed by atoms with Crippen LogP contribution in [0.15, 0.2) is 42.5 Å². The normalized spacial score (nSPS) is 19.7. The molecule has 0 saturated carbocycles. The molecule has 0 amide bonds. The van der Waals surface area contributed by atoms with E-state index in [0.717, 1.165) is 17.1 Å². The van der Waals surface area contributed by atoms with Crippen molar-refractivity contribution in [3.8, 4) is 0 Å². The van der Waals surface area contributed by atoms with Gasteiger partial charge in [-0.1, -0.05) is 31.5 Å². The zero-order chi connectivity index (χ0) is 14.3. The van der Waals surface area contributed by atoms with Gasteiger partial charge in [0, 0.05) is 10.7 Å². The van der Waals surface area contributed by atoms with Gasteiger partial charge in [-0.25, -0.2) is 4.39 Å². The lowest BCUT2D eigenvalue weighted by molar-refractivity contribution is 0.493. The van der Waals surface area contributed by atoms with Gasteiger partial charge in [0.1, 0.15) is 5.82 Å². The van der Waals surface area contributed by atoms with Crippen LogP contribution < -0.4 is 5.32 Å². The summed E-state index contributed by atoms with van der Waals surface area (Å²) in [6, 6.07) is 12.8. The zero-order valence-corrected chi connectivity index (χ0v) is 12.3. The van der Waals surface area contributed by atoms with Crippen LogP contribution in [0.2, 0.25) is 5.02 Å². The van der Waals surface area contributed by atoms with Crippen LogP contribution in [0.1, 0.15) is 37.4 Å². The molecule has 3 rings (SSSR count). The van der Waals surface area contributed by atoms with Crippen molar-refractivity contribution in [2.24, 2.45) is 0 Å². The maximum atomic E-state index is 13.0. The van der Waals surface area contributed by atoms with Gasteiger partial charge in [0.15, 0.2) is 0 Å². The van der Waals surface area contributed by atoms with E-state index >= 15 is 0 Å². The fourth-order valence-corrected chi connectivity index (χ4v) is 3.20. The van der Waals surface area contributed by atoms with Crippen molar-refractivity contribution in [3.05, 3.63) is 64.4 Å². The minimum Gasteiger partial charge on any atom is -0.378 e. The molecule has 20 heavy (non-hydrogen) atoms. The van der Waals surface area contributed by atoms with Crippen molar-refractivity contribution in [1.29, 1.82) is 0 Å². The SMILES string of the molecule is CC1(C)CC(Nc2ccc(F)cc2)c2ccc(Cl)cc21. The van der Waals surface area contributed by atoms with E-state index in [9.17, 15) is 4.39 Å². The molecular weight excluding hydrogens is 273 g/mol. The highest BCUT2D eigenvalue weighted by Crippen LogP contribution is 2.46. The summed E-state index contributed by atoms with van der Waals surface area (Å²) in [5, 5.41) is 4.27. The van der Waals surface area contributed by atoms with E-state index in [2.05, 4.69) is 31.3 Å². The Labute approximate surface area is 123 Å². The van der Waals surface area contributed by atoms with Crippen LogP contribution in [-0.4, -0.2) is 0 Å². The van der Waals surface area contributed by atoms with Crippen molar-refractivity contribution in [2.75, 3.05) is 5.32 Å². The minimum absolute atomic E-state index is 0.0952. The highest BCUT2D eigenvalue weighted by molar-refractivity contribution is 6.30. The first kappa shape index (κ1) is 13.4. The number of anilines is 1. The minimum atomic E-state index is -0.213. The van der Waals surface area contributed by atoms with Crippen LogP contribution in [-0.2, 0) is 5.41 Å². The Kier molecular flexibility index (Phi) is 3.21. The monoisotopic (exact) mass is 289 g/mol. The molecule has 1 nitrogen and oxygen atoms in total. The number of fused-ring (bicyclic) bond motifs is 1. The second-order valence-electron chi connectivity index (χ2n) is 6.02. The van der Waals surface area contributed by atoms with Crippen LogP contribution in [0.4, 0.5) is 10.1 Å². The summed E-state index contributed by atoms with van der Waals surface area (Å²) >= 11 is 6.11. The number of nitrogens with one attached hydrogen (secondary N) is 1. The molecule has 0 bridgehead atoms. The van der Waals surface area contributed by atoms with Gasteiger partial charge >= 0.3 is 0 Å². The maximum absolute atomic E-state index is 13.0. The van der Waals surface area contributed by atoms with Crippen LogP contribution in [0.3, 0.4) is 0 Å². The van der Waals surface area contributed by atoms with Crippen LogP contribution in [0.5, 0.6) is 0 Å². The Morgan fingerprint density at radius 3 is 2.55 bits per heavy atom. The summed E-state index contributed by atoms with van der Waals surface area (Å²) in [6.45, 7) is 4.46. The van der Waals surface area contributed by atoms with Crippen molar-refractivity contribution in [2.45, 2.75) is 31.7 Å². The van der Waals surface area contributed by atoms with Gasteiger partial charge in [-0.05, 0) is 59.4 Å². The third-order valence-electron chi connectivity index (χ3n) is 4.02. The molecule has 1 N–H and O–H groups in total. The van der Waals surface area contributed by atoms with Crippen LogP contribution in [0, 0.1) is 5.82 Å². The number of rotatable bonds is 2. The second-order valence-corrected chi connectivity index (χ2v) is 6.46. The lowest BCUT2D eigenvalue weighted by atomic mass is 9.86. The van der Waals surface area contributed by atoms with Crippen LogP contribution in [0.25, 0.3) is 0 Å². The first-order valence-corrected chi connectivity index (χ1v) is 7.15. The van der Waals surface area contributed by atoms with E-state index in [0.29, 0.717) is 0 Å². The predicted molar refractivity (Wildman–Crippen MR) is 81.9 cm³/mol. The lowest BCUT2D eigenvalue weighted by Gasteiger charge is -2.20. The average molecular weight is 290 g/mol. The molecule has 0 saturated heterocycles. The smallest absolute Gasteiger partial charge is 0.123 e. The summed E-state index contributed by atoms with van der Waals surface area (Å²) in [7, 11) is 0. The fourth-order valence-electron chi connectivity index (χ4n) is 3.02. The van der Waals surface area contributed by atoms with Crippen molar-refractivity contribution >= 4 is 17.3 Å². The standard InChI is InChI=1S/C17H17ClFN/c1-17(2)10-16(14-8-3-11(18)9-15(14)17)20-13-6-4-12(19)5-7-13/h3-9,16,20H,10H2,1-2H3. The zero-order valence-electron chi connectivity index (χ0n) is 11.6. The van der Waals surface area contributed by atoms with E-state index in [1.807, 2.05) is 6.07 Å². The number of benzene rings is 2. The Morgan fingerprint density at radius 1 is 1.15 bits per heavy atom. The Morgan fingerprint density at radius 2 is 1.85 bits per heavy atom. The highest BCUT2D eigenvalue weighted by atomic mass is 35.5. The molecule has 0 aromatic heterocycles. The molecule has 1 aliphatic rings. The summed E-state index contributed by atoms with van der Waals surface area (Å²) in [5.41, 5.74) is 3.61. The molecule has 0 fully saturated rings. The van der Waals surface area contributed by atoms with Gasteiger partial charge in [0.2, 0.25) is 0 Å². The number of halogens is 2. The first-order chi connectivity index (χ1) is 9.45. The van der Waals surface area contributed by atoms with Gasteiger partial charge < -0.3 is 5.32 Å². The van der Waals surface area contributed by atoms with E-state index in [1.165, 1.54) is 23.3 Å². The molecule has 104 valence electrons. The van der Waals surface area contributed by atoms with Gasteiger partial charge in [-0.3, -0.25) is 0 Å². The van der Waals surface area contributed by atoms with E-state index in [4.69, 9.17) is 11.6 Å². The number of hydrogen-bond acceptors (Lipinski definition) is 1. The van der Waals surface area contributed by atoms with Crippen molar-refractivity contribution in [3.63, 3.8) is 0 Å². The lowest BCUT2D eigenvalue weighted by Crippen LogP contribution is -2.14. The maximum Gasteiger partial charge on any atom is 0.123 e. The van der Waals surface area contributed by atoms with E-state index < -0.39 is 0 Å². The summed E-state index contributed by atoms with van der Waals surface area (Å²) < 4.78 is 13.0. The number of hydrogen-bond donors (Lipinski definition) is 1. The molecule has 1 aliphatic carbocycles. The highest BCUT2D eigenvalue weighted by Gasteiger charge is 2.36. The van der Waals surface area contributed by atoms with E-state index in [1.54, 1.807) is 12.1 Å². The average Bonchev–Trinajstić information content (AvgIpc) is 2.64. The molecule has 0 aliphatic heterocycles. The van der Waals surface area contributed by atoms with Crippen molar-refractivity contribution in [1.82, 2.24) is 0 Å². The molecule has 2 aromatic rings. The molecule has 0 radical (unpaired) electrons. The van der Waals surface area contributed by atoms with Gasteiger partial charge in [-0.15, -0.1) is 0 Å². The Balaban J connectivity index is 1.92. The summed E-state index contributed by atoms with van der Waals surface area (Å²) in [4.78, 5) is 0. The Hall–Kier alpha value is -1.54. The van der Waals surface area contributed by atoms with Crippen LogP contribution >= 0.6 is 11.6 Å². The third-order valence-corrected chi connectivity index (χ3v) is 4.25. The summed E-state index contributed by atoms with van der Waals surface area (Å²) in [5.74, 6) is -0.213. The molecular formula is C17H17ClFN. The molecule has 0 spiro atoms. The summed E-state index contributed by atoms with van der Waals surface area (Å²) in [6.07, 6.45) is 1.00. The van der Waals surface area contributed by atoms with Gasteiger partial charge in [-0.2, -0.15) is 0 Å². The third kappa shape index (κ3) is 2.40. The molecule has 1 atom stereocenters. The quantitative estimate of drug-likeness (QED) is 0.789. The molecule has 0 heterocycles. The van der Waals surface area contributed by atoms with E-state index in [-0.39, 0.29) is 17.3 Å². The topological polar surface area (TPSA) is 12.0 Å². The first-order valence-electron chi connectivity index (χ1n) is 6.78. The molecule has 3 heteroatoms. The molecule has 2 aromatic carbocycles. The predicted octanol–water partition coefficient (Wildman–Crippen LogP) is 5.31. The molecule has 1 unspecified atom stereocenters. The largest absolute Gasteiger partial charge is 0.378 e. The Bertz CT molecular complexity index is 634.